The van der Waals surface area contributed by atoms with E-state index in [1.54, 1.807) is 0 Å². The van der Waals surface area contributed by atoms with Crippen molar-refractivity contribution >= 4 is 118 Å². The topological polar surface area (TPSA) is 644 Å². The van der Waals surface area contributed by atoms with E-state index in [1.165, 1.54) is 34.3 Å². The van der Waals surface area contributed by atoms with Gasteiger partial charge in [-0.15, -0.1) is 0 Å². The van der Waals surface area contributed by atoms with Gasteiger partial charge in [0.05, 0.1) is 81.9 Å². The van der Waals surface area contributed by atoms with Crippen molar-refractivity contribution in [1.29, 1.82) is 0 Å². The molecule has 0 bridgehead atoms. The van der Waals surface area contributed by atoms with Gasteiger partial charge in [0.15, 0.2) is 0 Å². The van der Waals surface area contributed by atoms with Gasteiger partial charge in [-0.2, -0.15) is 0 Å². The standard InChI is InChI=1S/C83H123N21O27/c84-18-2-1-10-50(70(117)86-32-65(112)94-21-5-13-53(94)78(125)101-40-46(107)28-60(101)73(120)89-35-68(115)97-24-8-16-56(97)81(128)103-42-48(109)30-62(103)75(122)91-37-69(116)98-25-9-17-57(98)82(129)104-43-49(110)31-63(104)83(130)131)92-76(123)52-12-4-20-93(52)64(111)33-87-72(119)59-27-45(106)39-100(59)79(126)55-15-7-23-96(55)67(114)36-90-74(121)61-29-47(108)41-102(61)80(127)54-14-6-22-95(54)66(113)34-88-71(118)58-26-44(105)38-99(58)77(124)51-11-3-19-85-51/h44-63,85,105-110H,1-43,84H2,(H,86,117)(H,87,119)(H,88,118)(H,89,120)(H,90,121)(H,91,122)(H,92,123)(H,130,131)/t44-,45-,46-,47-,48-,49-,50+,51+,52+,53+,54+,55+,56+,57+,58+,59+,60+,61+,62+,63+/m1/s1. The number of β-amino-alcohol motifs (C(OH)–C–C–N with tert-alkyl or cyclic N) is 6. The van der Waals surface area contributed by atoms with Gasteiger partial charge in [-0.1, -0.05) is 0 Å². The number of aliphatic hydroxyl groups is 6. The lowest BCUT2D eigenvalue weighted by Crippen LogP contribution is -2.57. The molecule has 0 radical (unpaired) electrons. The van der Waals surface area contributed by atoms with Crippen LogP contribution in [0.5, 0.6) is 0 Å². The average Bonchev–Trinajstić information content (AvgIpc) is 1.69. The maximum absolute atomic E-state index is 14.5. The molecule has 48 nitrogen and oxygen atoms in total. The number of carboxylic acids is 1. The van der Waals surface area contributed by atoms with E-state index in [-0.39, 0.29) is 174 Å². The van der Waals surface area contributed by atoms with Gasteiger partial charge in [0, 0.05) is 117 Å². The number of carbonyl (C=O) groups excluding carboxylic acids is 19. The van der Waals surface area contributed by atoms with Gasteiger partial charge >= 0.3 is 5.97 Å². The Labute approximate surface area is 753 Å². The van der Waals surface area contributed by atoms with E-state index in [2.05, 4.69) is 42.5 Å². The highest BCUT2D eigenvalue weighted by Crippen LogP contribution is 2.34. The molecule has 722 valence electrons. The van der Waals surface area contributed by atoms with Gasteiger partial charge in [-0.25, -0.2) is 4.79 Å². The molecule has 13 saturated heterocycles. The molecule has 131 heavy (non-hydrogen) atoms. The summed E-state index contributed by atoms with van der Waals surface area (Å²) in [5, 5.41) is 94.6. The number of hydrogen-bond donors (Lipinski definition) is 16. The number of nitrogens with zero attached hydrogens (tertiary/aromatic N) is 12. The van der Waals surface area contributed by atoms with E-state index < -0.39 is 273 Å². The van der Waals surface area contributed by atoms with Crippen LogP contribution in [0.2, 0.25) is 0 Å². The summed E-state index contributed by atoms with van der Waals surface area (Å²) in [6.45, 7) is -3.87. The molecule has 13 heterocycles. The van der Waals surface area contributed by atoms with Gasteiger partial charge in [0.25, 0.3) is 0 Å². The van der Waals surface area contributed by atoms with E-state index in [4.69, 9.17) is 5.73 Å². The van der Waals surface area contributed by atoms with Crippen LogP contribution in [0, 0.1) is 0 Å². The molecule has 19 amide bonds. The van der Waals surface area contributed by atoms with E-state index in [0.29, 0.717) is 64.3 Å². The Balaban J connectivity index is 0.540. The van der Waals surface area contributed by atoms with Crippen molar-refractivity contribution < 1.29 is 132 Å². The zero-order chi connectivity index (χ0) is 94.1. The lowest BCUT2D eigenvalue weighted by Gasteiger charge is -2.32. The minimum Gasteiger partial charge on any atom is -0.480 e. The molecule has 0 aromatic carbocycles. The number of carbonyl (C=O) groups is 20. The molecule has 0 aliphatic carbocycles. The number of rotatable bonds is 31. The van der Waals surface area contributed by atoms with Crippen molar-refractivity contribution in [3.8, 4) is 0 Å². The Hall–Kier alpha value is -10.9. The molecule has 17 N–H and O–H groups in total. The normalized spacial score (nSPS) is 30.2. The number of nitrogens with one attached hydrogen (secondary N) is 8. The number of nitrogens with two attached hydrogens (primary N) is 1. The summed E-state index contributed by atoms with van der Waals surface area (Å²) in [5.41, 5.74) is 5.80. The summed E-state index contributed by atoms with van der Waals surface area (Å²) in [6, 6.07) is -15.9. The largest absolute Gasteiger partial charge is 0.480 e. The van der Waals surface area contributed by atoms with Crippen LogP contribution < -0.4 is 48.3 Å². The predicted molar refractivity (Wildman–Crippen MR) is 447 cm³/mol. The van der Waals surface area contributed by atoms with Crippen LogP contribution in [0.15, 0.2) is 0 Å². The molecule has 48 heteroatoms. The second-order valence-corrected chi connectivity index (χ2v) is 36.5. The summed E-state index contributed by atoms with van der Waals surface area (Å²) in [6.07, 6.45) is -2.57. The van der Waals surface area contributed by atoms with Crippen molar-refractivity contribution in [2.24, 2.45) is 5.73 Å². The first-order chi connectivity index (χ1) is 62.6. The third-order valence-electron chi connectivity index (χ3n) is 27.8. The van der Waals surface area contributed by atoms with Gasteiger partial charge in [0.2, 0.25) is 112 Å². The highest BCUT2D eigenvalue weighted by molar-refractivity contribution is 6.02. The van der Waals surface area contributed by atoms with Crippen molar-refractivity contribution in [2.75, 3.05) is 131 Å². The van der Waals surface area contributed by atoms with Gasteiger partial charge in [-0.05, 0) is 122 Å². The van der Waals surface area contributed by atoms with Crippen LogP contribution in [0.1, 0.15) is 148 Å². The third-order valence-corrected chi connectivity index (χ3v) is 27.8. The second kappa shape index (κ2) is 43.2. The smallest absolute Gasteiger partial charge is 0.326 e. The lowest BCUT2D eigenvalue weighted by molar-refractivity contribution is -0.151. The zero-order valence-electron chi connectivity index (χ0n) is 73.2. The molecule has 13 fully saturated rings. The molecule has 20 atom stereocenters. The Bertz CT molecular complexity index is 4390. The SMILES string of the molecule is NCCCC[C@H](NC(=O)[C@@H]1CCCN1C(=O)CNC(=O)[C@@H]1C[C@@H](O)CN1C(=O)[C@@H]1CCCN1C(=O)CNC(=O)[C@@H]1C[C@@H](O)CN1C(=O)[C@@H]1CCCN1C(=O)CNC(=O)[C@@H]1C[C@@H](O)CN1C(=O)[C@@H]1CCCN1)C(=O)NCC(=O)N1CCC[C@H]1C(=O)N1C[C@H](O)C[C@H]1C(=O)NCC(=O)N1CCC[C@H]1C(=O)N1C[C@H](O)C[C@H]1C(=O)NCC(=O)N1CCC[C@H]1C(=O)N1C[C@H](O)C[C@H]1C(=O)O. The molecule has 0 saturated carbocycles. The Morgan fingerprint density at radius 3 is 0.809 bits per heavy atom. The van der Waals surface area contributed by atoms with Crippen LogP contribution in [-0.2, 0) is 95.9 Å². The van der Waals surface area contributed by atoms with Crippen LogP contribution in [0.25, 0.3) is 0 Å². The first-order valence-corrected chi connectivity index (χ1v) is 45.9. The van der Waals surface area contributed by atoms with E-state index >= 15 is 0 Å². The van der Waals surface area contributed by atoms with E-state index in [0.717, 1.165) is 30.9 Å². The van der Waals surface area contributed by atoms with E-state index in [1.807, 2.05) is 0 Å². The summed E-state index contributed by atoms with van der Waals surface area (Å²) in [4.78, 5) is 291. The fourth-order valence-electron chi connectivity index (χ4n) is 21.1. The first-order valence-electron chi connectivity index (χ1n) is 45.9. The van der Waals surface area contributed by atoms with Crippen LogP contribution >= 0.6 is 0 Å². The molecule has 0 aromatic heterocycles. The average molecular weight is 1850 g/mol. The summed E-state index contributed by atoms with van der Waals surface area (Å²) in [5.74, 6) is -14.5. The highest BCUT2D eigenvalue weighted by atomic mass is 16.4. The number of amides is 19. The first kappa shape index (κ1) is 97.6. The van der Waals surface area contributed by atoms with Crippen molar-refractivity contribution in [1.82, 2.24) is 101 Å². The summed E-state index contributed by atoms with van der Waals surface area (Å²) >= 11 is 0. The molecule has 0 aromatic rings. The van der Waals surface area contributed by atoms with Crippen molar-refractivity contribution in [2.45, 2.75) is 269 Å². The summed E-state index contributed by atoms with van der Waals surface area (Å²) in [7, 11) is 0. The zero-order valence-corrected chi connectivity index (χ0v) is 73.2. The minimum absolute atomic E-state index is 0.0246. The number of unbranched alkanes of at least 4 members (excludes halogenated alkanes) is 1. The highest BCUT2D eigenvalue weighted by Gasteiger charge is 2.53. The lowest BCUT2D eigenvalue weighted by atomic mass is 10.1. The van der Waals surface area contributed by atoms with Crippen molar-refractivity contribution in [3.63, 3.8) is 0 Å². The van der Waals surface area contributed by atoms with Crippen molar-refractivity contribution in [3.05, 3.63) is 0 Å². The fraction of sp³-hybridized carbons (Fsp3) is 0.759. The monoisotopic (exact) mass is 1850 g/mol. The third kappa shape index (κ3) is 22.2. The minimum atomic E-state index is -1.33. The predicted octanol–water partition coefficient (Wildman–Crippen LogP) is -12.1. The quantitative estimate of drug-likeness (QED) is 0.0287. The molecule has 0 spiro atoms. The van der Waals surface area contributed by atoms with Gasteiger partial charge < -0.3 is 143 Å². The Morgan fingerprint density at radius 1 is 0.290 bits per heavy atom. The van der Waals surface area contributed by atoms with Crippen LogP contribution in [0.3, 0.4) is 0 Å². The van der Waals surface area contributed by atoms with E-state index in [9.17, 15) is 132 Å². The van der Waals surface area contributed by atoms with Crippen LogP contribution in [-0.4, -0.2) is 465 Å². The number of aliphatic hydroxyl groups excluding tert-OH is 6. The maximum Gasteiger partial charge on any atom is 0.326 e. The molecule has 13 aliphatic heterocycles. The Morgan fingerprint density at radius 2 is 0.542 bits per heavy atom. The fourth-order valence-corrected chi connectivity index (χ4v) is 21.1. The molecule has 13 aliphatic rings. The number of aliphatic carboxylic acids is 1. The number of hydrogen-bond acceptors (Lipinski definition) is 28. The van der Waals surface area contributed by atoms with Crippen LogP contribution in [0.4, 0.5) is 0 Å². The molecule has 13 rings (SSSR count). The number of carboxylic acid groups (broad SMARTS) is 1. The van der Waals surface area contributed by atoms with Gasteiger partial charge in [0.1, 0.15) is 78.5 Å². The second-order valence-electron chi connectivity index (χ2n) is 36.5. The molecule has 0 unspecified atom stereocenters. The summed E-state index contributed by atoms with van der Waals surface area (Å²) < 4.78 is 0. The Kier molecular flexibility index (Phi) is 32.2. The maximum atomic E-state index is 14.5. The van der Waals surface area contributed by atoms with Gasteiger partial charge in [-0.3, -0.25) is 91.1 Å². The molecular formula is C83H123N21O27. The molecular weight excluding hydrogens is 1720 g/mol. The number of likely N-dealkylation sites (tertiary alicyclic amines) is 12.